The molecule has 3 heterocycles. The molecular formula is C28H44FN3O4. The van der Waals surface area contributed by atoms with E-state index in [0.29, 0.717) is 31.7 Å². The van der Waals surface area contributed by atoms with Gasteiger partial charge in [0.05, 0.1) is 0 Å². The maximum atomic E-state index is 14.9. The Balaban J connectivity index is 1.50. The van der Waals surface area contributed by atoms with Crippen molar-refractivity contribution in [3.8, 4) is 0 Å². The fourth-order valence-electron chi connectivity index (χ4n) is 4.80. The highest BCUT2D eigenvalue weighted by Crippen LogP contribution is 2.31. The van der Waals surface area contributed by atoms with Gasteiger partial charge >= 0.3 is 12.2 Å². The molecule has 0 N–H and O–H groups in total. The van der Waals surface area contributed by atoms with Gasteiger partial charge in [0.2, 0.25) is 0 Å². The molecule has 2 aliphatic heterocycles. The van der Waals surface area contributed by atoms with Gasteiger partial charge in [-0.3, -0.25) is 4.90 Å². The van der Waals surface area contributed by atoms with E-state index >= 15 is 0 Å². The number of alkyl halides is 1. The second kappa shape index (κ2) is 11.3. The van der Waals surface area contributed by atoms with Crippen molar-refractivity contribution in [2.24, 2.45) is 5.92 Å². The summed E-state index contributed by atoms with van der Waals surface area (Å²) in [5, 5.41) is 0. The van der Waals surface area contributed by atoms with Gasteiger partial charge < -0.3 is 14.4 Å². The lowest BCUT2D eigenvalue weighted by atomic mass is 9.97. The molecule has 1 aromatic rings. The van der Waals surface area contributed by atoms with E-state index in [1.165, 1.54) is 0 Å². The number of rotatable bonds is 6. The predicted octanol–water partition coefficient (Wildman–Crippen LogP) is 6.47. The zero-order chi connectivity index (χ0) is 26.7. The average Bonchev–Trinajstić information content (AvgIpc) is 3.24. The van der Waals surface area contributed by atoms with Gasteiger partial charge in [-0.15, -0.1) is 0 Å². The monoisotopic (exact) mass is 505 g/mol. The fourth-order valence-corrected chi connectivity index (χ4v) is 4.80. The van der Waals surface area contributed by atoms with Crippen LogP contribution in [0.2, 0.25) is 0 Å². The summed E-state index contributed by atoms with van der Waals surface area (Å²) in [6, 6.07) is 4.10. The topological polar surface area (TPSA) is 72.0 Å². The van der Waals surface area contributed by atoms with E-state index in [4.69, 9.17) is 14.5 Å². The third-order valence-corrected chi connectivity index (χ3v) is 6.65. The normalized spacial score (nSPS) is 21.2. The first-order chi connectivity index (χ1) is 16.7. The van der Waals surface area contributed by atoms with Crippen molar-refractivity contribution in [2.75, 3.05) is 18.0 Å². The molecule has 202 valence electrons. The Bertz CT molecular complexity index is 924. The predicted molar refractivity (Wildman–Crippen MR) is 139 cm³/mol. The van der Waals surface area contributed by atoms with Crippen LogP contribution in [0.25, 0.3) is 0 Å². The van der Waals surface area contributed by atoms with Gasteiger partial charge in [-0.25, -0.2) is 19.0 Å². The van der Waals surface area contributed by atoms with E-state index in [9.17, 15) is 14.0 Å². The van der Waals surface area contributed by atoms with Gasteiger partial charge in [-0.2, -0.15) is 0 Å². The van der Waals surface area contributed by atoms with Crippen LogP contribution < -0.4 is 4.90 Å². The number of carbonyl (C=O) groups is 2. The third-order valence-electron chi connectivity index (χ3n) is 6.65. The molecular weight excluding hydrogens is 461 g/mol. The second-order valence-electron chi connectivity index (χ2n) is 12.3. The number of anilines is 1. The van der Waals surface area contributed by atoms with E-state index in [0.717, 1.165) is 43.4 Å². The zero-order valence-corrected chi connectivity index (χ0v) is 23.1. The summed E-state index contributed by atoms with van der Waals surface area (Å²) in [6.45, 7) is 14.1. The van der Waals surface area contributed by atoms with Crippen molar-refractivity contribution >= 4 is 18.0 Å². The number of hydrogen-bond acceptors (Lipinski definition) is 5. The highest BCUT2D eigenvalue weighted by Gasteiger charge is 2.35. The van der Waals surface area contributed by atoms with Gasteiger partial charge in [0, 0.05) is 30.7 Å². The molecule has 1 fully saturated rings. The van der Waals surface area contributed by atoms with Crippen LogP contribution in [0.1, 0.15) is 91.8 Å². The Kier molecular flexibility index (Phi) is 8.88. The number of amides is 2. The van der Waals surface area contributed by atoms with Gasteiger partial charge in [0.15, 0.2) is 0 Å². The number of aryl methyl sites for hydroxylation is 2. The number of halogens is 1. The van der Waals surface area contributed by atoms with Crippen LogP contribution >= 0.6 is 0 Å². The van der Waals surface area contributed by atoms with E-state index in [1.807, 2.05) is 54.5 Å². The molecule has 0 radical (unpaired) electrons. The molecule has 0 spiro atoms. The Morgan fingerprint density at radius 2 is 1.72 bits per heavy atom. The highest BCUT2D eigenvalue weighted by molar-refractivity contribution is 5.88. The van der Waals surface area contributed by atoms with Crippen molar-refractivity contribution in [2.45, 2.75) is 117 Å². The SMILES string of the molecule is CC1CCc2ccc(CCCCC(F)C3CCN(C(=O)OC(C)(C)C)C3)nc2N1C(=O)OC(C)(C)C. The molecule has 2 aliphatic rings. The van der Waals surface area contributed by atoms with Crippen LogP contribution in [0.15, 0.2) is 12.1 Å². The van der Waals surface area contributed by atoms with Crippen LogP contribution in [-0.4, -0.2) is 58.6 Å². The number of unbranched alkanes of at least 4 members (excludes halogenated alkanes) is 1. The molecule has 0 aromatic carbocycles. The second-order valence-corrected chi connectivity index (χ2v) is 12.3. The van der Waals surface area contributed by atoms with Crippen molar-refractivity contribution in [3.63, 3.8) is 0 Å². The molecule has 36 heavy (non-hydrogen) atoms. The summed E-state index contributed by atoms with van der Waals surface area (Å²) in [6.07, 6.45) is 3.54. The highest BCUT2D eigenvalue weighted by atomic mass is 19.1. The minimum atomic E-state index is -0.933. The molecule has 3 unspecified atom stereocenters. The summed E-state index contributed by atoms with van der Waals surface area (Å²) in [5.41, 5.74) is 0.848. The van der Waals surface area contributed by atoms with Crippen LogP contribution in [0.4, 0.5) is 19.8 Å². The van der Waals surface area contributed by atoms with Gasteiger partial charge in [0.1, 0.15) is 23.2 Å². The number of fused-ring (bicyclic) bond motifs is 1. The minimum Gasteiger partial charge on any atom is -0.444 e. The van der Waals surface area contributed by atoms with Crippen LogP contribution in [0.3, 0.4) is 0 Å². The van der Waals surface area contributed by atoms with Crippen molar-refractivity contribution in [3.05, 3.63) is 23.4 Å². The average molecular weight is 506 g/mol. The first kappa shape index (κ1) is 28.2. The van der Waals surface area contributed by atoms with Crippen molar-refractivity contribution < 1.29 is 23.5 Å². The maximum Gasteiger partial charge on any atom is 0.416 e. The molecule has 3 atom stereocenters. The number of nitrogens with zero attached hydrogens (tertiary/aromatic N) is 3. The Labute approximate surface area is 215 Å². The molecule has 0 bridgehead atoms. The van der Waals surface area contributed by atoms with Gasteiger partial charge in [-0.1, -0.05) is 12.5 Å². The zero-order valence-electron chi connectivity index (χ0n) is 23.1. The van der Waals surface area contributed by atoms with Gasteiger partial charge in [-0.05, 0) is 98.6 Å². The van der Waals surface area contributed by atoms with Crippen LogP contribution in [-0.2, 0) is 22.3 Å². The van der Waals surface area contributed by atoms with E-state index in [-0.39, 0.29) is 24.1 Å². The Hall–Kier alpha value is -2.38. The van der Waals surface area contributed by atoms with Gasteiger partial charge in [0.25, 0.3) is 0 Å². The fraction of sp³-hybridized carbons (Fsp3) is 0.750. The summed E-state index contributed by atoms with van der Waals surface area (Å²) in [7, 11) is 0. The number of ether oxygens (including phenoxy) is 2. The third kappa shape index (κ3) is 7.81. The first-order valence-electron chi connectivity index (χ1n) is 13.4. The Morgan fingerprint density at radius 1 is 1.06 bits per heavy atom. The van der Waals surface area contributed by atoms with Crippen molar-refractivity contribution in [1.82, 2.24) is 9.88 Å². The van der Waals surface area contributed by atoms with E-state index < -0.39 is 17.4 Å². The first-order valence-corrected chi connectivity index (χ1v) is 13.4. The number of hydrogen-bond donors (Lipinski definition) is 0. The molecule has 8 heteroatoms. The smallest absolute Gasteiger partial charge is 0.416 e. The number of aromatic nitrogens is 1. The molecule has 0 saturated carbocycles. The number of pyridine rings is 1. The standard InChI is InChI=1S/C28H44FN3O4/c1-19-12-13-20-14-15-22(30-24(20)32(19)26(34)36-28(5,6)7)10-8-9-11-23(29)21-16-17-31(18-21)25(33)35-27(2,3)4/h14-15,19,21,23H,8-13,16-18H2,1-7H3. The summed E-state index contributed by atoms with van der Waals surface area (Å²) >= 11 is 0. The maximum absolute atomic E-state index is 14.9. The number of carbonyl (C=O) groups excluding carboxylic acids is 2. The molecule has 0 aliphatic carbocycles. The summed E-state index contributed by atoms with van der Waals surface area (Å²) in [4.78, 5) is 33.3. The molecule has 7 nitrogen and oxygen atoms in total. The molecule has 2 amide bonds. The van der Waals surface area contributed by atoms with Crippen LogP contribution in [0.5, 0.6) is 0 Å². The summed E-state index contributed by atoms with van der Waals surface area (Å²) in [5.74, 6) is 0.556. The lowest BCUT2D eigenvalue weighted by molar-refractivity contribution is 0.0280. The minimum absolute atomic E-state index is 0.0223. The lowest BCUT2D eigenvalue weighted by Crippen LogP contribution is -2.45. The van der Waals surface area contributed by atoms with E-state index in [1.54, 1.807) is 9.80 Å². The molecule has 1 aromatic heterocycles. The Morgan fingerprint density at radius 3 is 2.39 bits per heavy atom. The largest absolute Gasteiger partial charge is 0.444 e. The summed E-state index contributed by atoms with van der Waals surface area (Å²) < 4.78 is 26.0. The van der Waals surface area contributed by atoms with Crippen molar-refractivity contribution in [1.29, 1.82) is 0 Å². The number of likely N-dealkylation sites (tertiary alicyclic amines) is 1. The van der Waals surface area contributed by atoms with Crippen LogP contribution in [0, 0.1) is 5.92 Å². The molecule has 3 rings (SSSR count). The quantitative estimate of drug-likeness (QED) is 0.415. The van der Waals surface area contributed by atoms with E-state index in [2.05, 4.69) is 6.07 Å². The molecule has 1 saturated heterocycles. The lowest BCUT2D eigenvalue weighted by Gasteiger charge is -2.35.